The minimum atomic E-state index is -0.952. The van der Waals surface area contributed by atoms with Crippen molar-refractivity contribution in [3.05, 3.63) is 0 Å². The maximum absolute atomic E-state index is 13.6. The van der Waals surface area contributed by atoms with E-state index < -0.39 is 35.2 Å². The summed E-state index contributed by atoms with van der Waals surface area (Å²) in [7, 11) is 2.01. The molecule has 10 atom stereocenters. The largest absolute Gasteiger partial charge is 0.390 e. The topological polar surface area (TPSA) is 91.3 Å². The number of likely N-dealkylation sites (tertiary alicyclic amines) is 1. The van der Waals surface area contributed by atoms with Crippen LogP contribution in [0.2, 0.25) is 0 Å². The van der Waals surface area contributed by atoms with Crippen LogP contribution in [0.15, 0.2) is 0 Å². The smallest absolute Gasteiger partial charge is 0.240 e. The number of thioether (sulfide) groups is 1. The van der Waals surface area contributed by atoms with E-state index in [1.54, 1.807) is 0 Å². The number of amides is 1. The van der Waals surface area contributed by atoms with E-state index in [4.69, 9.17) is 21.1 Å². The fourth-order valence-corrected chi connectivity index (χ4v) is 7.59. The van der Waals surface area contributed by atoms with Crippen molar-refractivity contribution >= 4 is 29.3 Å². The highest BCUT2D eigenvalue weighted by Crippen LogP contribution is 2.42. The number of aliphatic hydroxyl groups is 2. The molecule has 1 amide bonds. The van der Waals surface area contributed by atoms with E-state index in [9.17, 15) is 15.0 Å². The number of carbonyl (C=O) groups excluding carboxylic acids is 1. The molecule has 33 heavy (non-hydrogen) atoms. The fourth-order valence-electron chi connectivity index (χ4n) is 6.65. The van der Waals surface area contributed by atoms with Gasteiger partial charge in [0.25, 0.3) is 0 Å². The van der Waals surface area contributed by atoms with Crippen LogP contribution in [0.4, 0.5) is 0 Å². The molecule has 4 fully saturated rings. The number of carbonyl (C=O) groups is 1. The van der Waals surface area contributed by atoms with Crippen molar-refractivity contribution in [2.75, 3.05) is 26.5 Å². The highest BCUT2D eigenvalue weighted by Gasteiger charge is 2.49. The maximum Gasteiger partial charge on any atom is 0.240 e. The van der Waals surface area contributed by atoms with Gasteiger partial charge >= 0.3 is 0 Å². The van der Waals surface area contributed by atoms with E-state index in [0.29, 0.717) is 11.8 Å². The molecule has 3 saturated heterocycles. The molecular weight excluding hydrogens is 464 g/mol. The molecule has 0 aromatic rings. The zero-order valence-corrected chi connectivity index (χ0v) is 21.6. The van der Waals surface area contributed by atoms with Crippen molar-refractivity contribution in [3.63, 3.8) is 0 Å². The summed E-state index contributed by atoms with van der Waals surface area (Å²) in [6.45, 7) is 3.42. The number of hydrogen-bond acceptors (Lipinski definition) is 7. The van der Waals surface area contributed by atoms with Gasteiger partial charge in [0, 0.05) is 25.5 Å². The van der Waals surface area contributed by atoms with Crippen LogP contribution in [-0.2, 0) is 14.3 Å². The van der Waals surface area contributed by atoms with E-state index in [-0.39, 0.29) is 24.5 Å². The van der Waals surface area contributed by atoms with Gasteiger partial charge in [-0.25, -0.2) is 0 Å². The number of alkyl halides is 1. The molecule has 0 spiro atoms. The van der Waals surface area contributed by atoms with Crippen LogP contribution in [0, 0.1) is 17.8 Å². The third-order valence-corrected chi connectivity index (χ3v) is 9.53. The minimum Gasteiger partial charge on any atom is -0.390 e. The molecule has 9 heteroatoms. The Kier molecular flexibility index (Phi) is 8.91. The van der Waals surface area contributed by atoms with Crippen LogP contribution >= 0.6 is 23.4 Å². The Labute approximate surface area is 207 Å². The van der Waals surface area contributed by atoms with Gasteiger partial charge in [0.1, 0.15) is 17.6 Å². The van der Waals surface area contributed by atoms with Gasteiger partial charge in [0.2, 0.25) is 5.91 Å². The first-order valence-corrected chi connectivity index (χ1v) is 14.3. The van der Waals surface area contributed by atoms with Gasteiger partial charge in [0.15, 0.2) is 0 Å². The summed E-state index contributed by atoms with van der Waals surface area (Å²) in [5.74, 6) is 1.81. The van der Waals surface area contributed by atoms with Crippen LogP contribution in [-0.4, -0.2) is 94.8 Å². The highest BCUT2D eigenvalue weighted by atomic mass is 35.5. The van der Waals surface area contributed by atoms with Crippen molar-refractivity contribution in [1.29, 1.82) is 0 Å². The number of aliphatic hydroxyl groups excluding tert-OH is 2. The first-order chi connectivity index (χ1) is 15.8. The molecule has 1 unspecified atom stereocenters. The lowest BCUT2D eigenvalue weighted by Gasteiger charge is -2.41. The predicted molar refractivity (Wildman–Crippen MR) is 130 cm³/mol. The summed E-state index contributed by atoms with van der Waals surface area (Å²) in [6, 6.07) is -0.828. The molecule has 7 nitrogen and oxygen atoms in total. The number of ether oxygens (including phenoxy) is 2. The Morgan fingerprint density at radius 3 is 2.55 bits per heavy atom. The van der Waals surface area contributed by atoms with E-state index in [1.807, 2.05) is 20.2 Å². The zero-order chi connectivity index (χ0) is 23.7. The summed E-state index contributed by atoms with van der Waals surface area (Å²) >= 11 is 7.85. The predicted octanol–water partition coefficient (Wildman–Crippen LogP) is 2.21. The van der Waals surface area contributed by atoms with Crippen LogP contribution in [0.3, 0.4) is 0 Å². The Morgan fingerprint density at radius 2 is 1.88 bits per heavy atom. The normalized spacial score (nSPS) is 42.5. The van der Waals surface area contributed by atoms with E-state index >= 15 is 0 Å². The van der Waals surface area contributed by atoms with Crippen LogP contribution in [0.1, 0.15) is 51.9 Å². The number of rotatable bonds is 6. The number of hydrogen-bond donors (Lipinski definition) is 3. The molecule has 3 heterocycles. The Balaban J connectivity index is 1.43. The monoisotopic (exact) mass is 504 g/mol. The van der Waals surface area contributed by atoms with E-state index in [0.717, 1.165) is 31.9 Å². The molecule has 0 bridgehead atoms. The standard InChI is InChI=1S/C24H41ClN2O5S/c1-13(25)19(18-11-17(28)21(29)24(32-18)33-3)26-23(30)20-22-16(12-27(20)2)10-15(8-9-31-22)14-6-4-5-7-14/h13-22,24,28-29H,4-12H2,1-3H3,(H,26,30)/t13-,15+,16-,17+,18-,19+,20-,21+,22+,24?/m0/s1. The van der Waals surface area contributed by atoms with Gasteiger partial charge in [-0.05, 0) is 44.9 Å². The minimum absolute atomic E-state index is 0.0910. The second kappa shape index (κ2) is 11.3. The van der Waals surface area contributed by atoms with Crippen LogP contribution in [0.5, 0.6) is 0 Å². The van der Waals surface area contributed by atoms with Gasteiger partial charge in [0.05, 0.1) is 29.7 Å². The first kappa shape index (κ1) is 26.0. The highest BCUT2D eigenvalue weighted by molar-refractivity contribution is 7.99. The number of halogens is 1. The molecule has 3 N–H and O–H groups in total. The molecule has 0 aromatic carbocycles. The van der Waals surface area contributed by atoms with Gasteiger partial charge in [-0.2, -0.15) is 0 Å². The quantitative estimate of drug-likeness (QED) is 0.478. The Bertz CT molecular complexity index is 667. The van der Waals surface area contributed by atoms with Crippen molar-refractivity contribution in [1.82, 2.24) is 10.2 Å². The van der Waals surface area contributed by atoms with Gasteiger partial charge < -0.3 is 25.0 Å². The van der Waals surface area contributed by atoms with Crippen molar-refractivity contribution in [2.45, 2.75) is 99.2 Å². The lowest BCUT2D eigenvalue weighted by atomic mass is 9.81. The van der Waals surface area contributed by atoms with E-state index in [1.165, 1.54) is 37.4 Å². The number of nitrogens with zero attached hydrogens (tertiary/aromatic N) is 1. The fraction of sp³-hybridized carbons (Fsp3) is 0.958. The van der Waals surface area contributed by atoms with Crippen LogP contribution < -0.4 is 5.32 Å². The molecule has 190 valence electrons. The first-order valence-electron chi connectivity index (χ1n) is 12.6. The molecule has 4 aliphatic rings. The maximum atomic E-state index is 13.6. The van der Waals surface area contributed by atoms with Gasteiger partial charge in [-0.1, -0.05) is 25.7 Å². The molecule has 0 aromatic heterocycles. The Morgan fingerprint density at radius 1 is 1.15 bits per heavy atom. The van der Waals surface area contributed by atoms with Crippen molar-refractivity contribution < 1.29 is 24.5 Å². The van der Waals surface area contributed by atoms with Crippen molar-refractivity contribution in [2.24, 2.45) is 17.8 Å². The lowest BCUT2D eigenvalue weighted by molar-refractivity contribution is -0.149. The second-order valence-corrected chi connectivity index (χ2v) is 12.2. The third-order valence-electron chi connectivity index (χ3n) is 8.41. The SMILES string of the molecule is CSC1O[C@H]([C@H](NC(=O)[C@@H]2[C@@H]3OCC[C@@H](C4CCCC4)C[C@H]3CN2C)[C@H](C)Cl)C[C@@H](O)[C@H]1O. The zero-order valence-electron chi connectivity index (χ0n) is 20.1. The van der Waals surface area contributed by atoms with Gasteiger partial charge in [-0.3, -0.25) is 9.69 Å². The number of fused-ring (bicyclic) bond motifs is 1. The molecule has 0 radical (unpaired) electrons. The van der Waals surface area contributed by atoms with Crippen molar-refractivity contribution in [3.8, 4) is 0 Å². The van der Waals surface area contributed by atoms with E-state index in [2.05, 4.69) is 10.2 Å². The summed E-state index contributed by atoms with van der Waals surface area (Å²) in [4.78, 5) is 15.7. The lowest BCUT2D eigenvalue weighted by Crippen LogP contribution is -2.59. The average Bonchev–Trinajstić information content (AvgIpc) is 3.36. The van der Waals surface area contributed by atoms with Gasteiger partial charge in [-0.15, -0.1) is 23.4 Å². The number of likely N-dealkylation sites (N-methyl/N-ethyl adjacent to an activating group) is 1. The third kappa shape index (κ3) is 5.68. The molecule has 1 saturated carbocycles. The molecule has 1 aliphatic carbocycles. The van der Waals surface area contributed by atoms with Crippen LogP contribution in [0.25, 0.3) is 0 Å². The average molecular weight is 505 g/mol. The molecular formula is C24H41ClN2O5S. The molecule has 3 aliphatic heterocycles. The second-order valence-electron chi connectivity index (χ2n) is 10.6. The Hall–Kier alpha value is -0.0900. The molecule has 4 rings (SSSR count). The number of nitrogens with one attached hydrogen (secondary N) is 1. The summed E-state index contributed by atoms with van der Waals surface area (Å²) in [5, 5.41) is 23.3. The summed E-state index contributed by atoms with van der Waals surface area (Å²) in [6.07, 6.45) is 7.26. The summed E-state index contributed by atoms with van der Waals surface area (Å²) < 4.78 is 12.4. The summed E-state index contributed by atoms with van der Waals surface area (Å²) in [5.41, 5.74) is -0.551.